The minimum Gasteiger partial charge on any atom is -0.491 e. The highest BCUT2D eigenvalue weighted by Gasteiger charge is 2.36. The first-order chi connectivity index (χ1) is 12.2. The van der Waals surface area contributed by atoms with E-state index in [1.807, 2.05) is 20.8 Å². The summed E-state index contributed by atoms with van der Waals surface area (Å²) in [6, 6.07) is 7.16. The lowest BCUT2D eigenvalue weighted by Crippen LogP contribution is -2.17. The van der Waals surface area contributed by atoms with Gasteiger partial charge in [-0.15, -0.1) is 0 Å². The molecule has 1 aromatic carbocycles. The van der Waals surface area contributed by atoms with Gasteiger partial charge in [0.2, 0.25) is 11.8 Å². The van der Waals surface area contributed by atoms with E-state index in [1.165, 1.54) is 0 Å². The monoisotopic (exact) mass is 369 g/mol. The van der Waals surface area contributed by atoms with Crippen LogP contribution in [0.15, 0.2) is 30.5 Å². The molecule has 0 unspecified atom stereocenters. The van der Waals surface area contributed by atoms with Crippen LogP contribution in [0, 0.1) is 0 Å². The number of aromatic nitrogens is 2. The zero-order valence-electron chi connectivity index (χ0n) is 15.2. The molecule has 2 aromatic rings. The van der Waals surface area contributed by atoms with Crippen molar-refractivity contribution in [3.63, 3.8) is 0 Å². The number of rotatable bonds is 7. The Kier molecular flexibility index (Phi) is 6.28. The van der Waals surface area contributed by atoms with Gasteiger partial charge < -0.3 is 14.4 Å². The van der Waals surface area contributed by atoms with Gasteiger partial charge in [0.15, 0.2) is 0 Å². The van der Waals surface area contributed by atoms with E-state index in [1.54, 1.807) is 36.2 Å². The Labute approximate surface area is 150 Å². The molecule has 1 aromatic heterocycles. The largest absolute Gasteiger partial charge is 0.491 e. The number of nitrogens with zero attached hydrogens (tertiary/aromatic N) is 3. The predicted octanol–water partition coefficient (Wildman–Crippen LogP) is 4.84. The van der Waals surface area contributed by atoms with Crippen molar-refractivity contribution in [2.24, 2.45) is 0 Å². The van der Waals surface area contributed by atoms with Gasteiger partial charge in [0, 0.05) is 25.0 Å². The van der Waals surface area contributed by atoms with Crippen LogP contribution >= 0.6 is 0 Å². The zero-order chi connectivity index (χ0) is 19.3. The zero-order valence-corrected chi connectivity index (χ0v) is 15.2. The Hall–Kier alpha value is -2.51. The average molecular weight is 369 g/mol. The van der Waals surface area contributed by atoms with Crippen molar-refractivity contribution in [2.45, 2.75) is 39.5 Å². The molecule has 0 atom stereocenters. The number of halogens is 3. The highest BCUT2D eigenvalue weighted by Crippen LogP contribution is 2.36. The maximum atomic E-state index is 13.1. The number of hydrogen-bond acceptors (Lipinski definition) is 5. The van der Waals surface area contributed by atoms with Gasteiger partial charge in [-0.3, -0.25) is 0 Å². The van der Waals surface area contributed by atoms with E-state index in [9.17, 15) is 13.2 Å². The van der Waals surface area contributed by atoms with Crippen LogP contribution in [0.2, 0.25) is 0 Å². The average Bonchev–Trinajstić information content (AvgIpc) is 2.57. The summed E-state index contributed by atoms with van der Waals surface area (Å²) in [5.74, 6) is 0.287. The Morgan fingerprint density at radius 3 is 2.58 bits per heavy atom. The molecule has 1 heterocycles. The molecule has 0 fully saturated rings. The maximum absolute atomic E-state index is 13.1. The molecule has 0 saturated heterocycles. The summed E-state index contributed by atoms with van der Waals surface area (Å²) in [4.78, 5) is 9.41. The first-order valence-corrected chi connectivity index (χ1v) is 8.29. The summed E-state index contributed by atoms with van der Waals surface area (Å²) in [6.45, 7) is 5.77. The lowest BCUT2D eigenvalue weighted by Gasteiger charge is -2.20. The van der Waals surface area contributed by atoms with Gasteiger partial charge >= 0.3 is 6.18 Å². The molecular formula is C18H22F3N3O2. The Bertz CT molecular complexity index is 736. The number of anilines is 2. The second-order valence-corrected chi connectivity index (χ2v) is 5.96. The molecular weight excluding hydrogens is 347 g/mol. The van der Waals surface area contributed by atoms with E-state index in [-0.39, 0.29) is 18.7 Å². The Morgan fingerprint density at radius 1 is 1.23 bits per heavy atom. The Balaban J connectivity index is 2.35. The van der Waals surface area contributed by atoms with E-state index in [0.717, 1.165) is 6.20 Å². The van der Waals surface area contributed by atoms with Gasteiger partial charge in [-0.2, -0.15) is 18.2 Å². The molecule has 0 spiro atoms. The summed E-state index contributed by atoms with van der Waals surface area (Å²) in [6.07, 6.45) is -3.25. The molecule has 5 nitrogen and oxygen atoms in total. The van der Waals surface area contributed by atoms with Crippen LogP contribution in [0.25, 0.3) is 0 Å². The molecule has 0 bridgehead atoms. The van der Waals surface area contributed by atoms with Crippen molar-refractivity contribution in [1.82, 2.24) is 9.97 Å². The van der Waals surface area contributed by atoms with Crippen LogP contribution in [0.1, 0.15) is 32.8 Å². The molecule has 0 radical (unpaired) electrons. The molecule has 0 aliphatic carbocycles. The van der Waals surface area contributed by atoms with Crippen molar-refractivity contribution in [1.29, 1.82) is 0 Å². The Morgan fingerprint density at radius 2 is 1.96 bits per heavy atom. The molecule has 2 rings (SSSR count). The number of ether oxygens (including phenoxy) is 2. The summed E-state index contributed by atoms with van der Waals surface area (Å²) >= 11 is 0. The normalized spacial score (nSPS) is 11.5. The van der Waals surface area contributed by atoms with Gasteiger partial charge in [-0.1, -0.05) is 13.0 Å². The minimum absolute atomic E-state index is 0.00641. The molecule has 0 aliphatic heterocycles. The van der Waals surface area contributed by atoms with Crippen LogP contribution < -0.4 is 14.4 Å². The highest BCUT2D eigenvalue weighted by atomic mass is 19.4. The first-order valence-electron chi connectivity index (χ1n) is 8.29. The maximum Gasteiger partial charge on any atom is 0.423 e. The molecule has 0 N–H and O–H groups in total. The second-order valence-electron chi connectivity index (χ2n) is 5.96. The minimum atomic E-state index is -4.58. The lowest BCUT2D eigenvalue weighted by atomic mass is 10.2. The topological polar surface area (TPSA) is 47.5 Å². The summed E-state index contributed by atoms with van der Waals surface area (Å²) in [5, 5.41) is 0. The van der Waals surface area contributed by atoms with Gasteiger partial charge in [-0.05, 0) is 32.4 Å². The van der Waals surface area contributed by atoms with Crippen molar-refractivity contribution >= 4 is 11.6 Å². The molecule has 0 aliphatic rings. The van der Waals surface area contributed by atoms with Gasteiger partial charge in [-0.25, -0.2) is 4.98 Å². The van der Waals surface area contributed by atoms with Gasteiger partial charge in [0.1, 0.15) is 11.3 Å². The van der Waals surface area contributed by atoms with E-state index in [2.05, 4.69) is 9.97 Å². The van der Waals surface area contributed by atoms with E-state index >= 15 is 0 Å². The summed E-state index contributed by atoms with van der Waals surface area (Å²) < 4.78 is 50.2. The fourth-order valence-corrected chi connectivity index (χ4v) is 2.18. The van der Waals surface area contributed by atoms with Crippen LogP contribution in [-0.4, -0.2) is 29.7 Å². The smallest absolute Gasteiger partial charge is 0.423 e. The van der Waals surface area contributed by atoms with Gasteiger partial charge in [0.25, 0.3) is 0 Å². The third-order valence-corrected chi connectivity index (χ3v) is 3.37. The third-order valence-electron chi connectivity index (χ3n) is 3.37. The molecule has 0 amide bonds. The molecule has 26 heavy (non-hydrogen) atoms. The van der Waals surface area contributed by atoms with Crippen LogP contribution in [0.4, 0.5) is 24.8 Å². The number of alkyl halides is 3. The second kappa shape index (κ2) is 8.25. The quantitative estimate of drug-likeness (QED) is 0.699. The van der Waals surface area contributed by atoms with E-state index < -0.39 is 17.6 Å². The van der Waals surface area contributed by atoms with Crippen molar-refractivity contribution in [2.75, 3.05) is 18.6 Å². The summed E-state index contributed by atoms with van der Waals surface area (Å²) in [5.41, 5.74) is -0.302. The number of hydrogen-bond donors (Lipinski definition) is 0. The van der Waals surface area contributed by atoms with Crippen LogP contribution in [-0.2, 0) is 6.18 Å². The third kappa shape index (κ3) is 5.00. The van der Waals surface area contributed by atoms with Crippen molar-refractivity contribution < 1.29 is 22.6 Å². The first kappa shape index (κ1) is 19.8. The van der Waals surface area contributed by atoms with E-state index in [0.29, 0.717) is 17.9 Å². The van der Waals surface area contributed by atoms with Gasteiger partial charge in [0.05, 0.1) is 12.7 Å². The van der Waals surface area contributed by atoms with Crippen molar-refractivity contribution in [3.05, 3.63) is 36.0 Å². The highest BCUT2D eigenvalue weighted by molar-refractivity contribution is 5.59. The SMILES string of the molecule is CCCOc1nc(N(C)c2cccc(OC(C)C)c2)ncc1C(F)(F)F. The lowest BCUT2D eigenvalue weighted by molar-refractivity contribution is -0.139. The standard InChI is InChI=1S/C18H22F3N3O2/c1-5-9-25-16-15(18(19,20)21)11-22-17(23-16)24(4)13-7-6-8-14(10-13)26-12(2)3/h6-8,10-12H,5,9H2,1-4H3. The van der Waals surface area contributed by atoms with E-state index in [4.69, 9.17) is 9.47 Å². The van der Waals surface area contributed by atoms with Crippen molar-refractivity contribution in [3.8, 4) is 11.6 Å². The van der Waals surface area contributed by atoms with Crippen LogP contribution in [0.5, 0.6) is 11.6 Å². The summed E-state index contributed by atoms with van der Waals surface area (Å²) in [7, 11) is 1.67. The van der Waals surface area contributed by atoms with Crippen LogP contribution in [0.3, 0.4) is 0 Å². The fraction of sp³-hybridized carbons (Fsp3) is 0.444. The molecule has 142 valence electrons. The molecule has 8 heteroatoms. The number of benzene rings is 1. The fourth-order valence-electron chi connectivity index (χ4n) is 2.18. The predicted molar refractivity (Wildman–Crippen MR) is 93.1 cm³/mol. The molecule has 0 saturated carbocycles.